The summed E-state index contributed by atoms with van der Waals surface area (Å²) in [7, 11) is 1.16. The second-order valence-corrected chi connectivity index (χ2v) is 3.90. The van der Waals surface area contributed by atoms with Gasteiger partial charge < -0.3 is 9.84 Å². The van der Waals surface area contributed by atoms with Crippen LogP contribution in [0.5, 0.6) is 5.75 Å². The zero-order valence-electron chi connectivity index (χ0n) is 10.3. The molecule has 0 atom stereocenters. The highest BCUT2D eigenvalue weighted by molar-refractivity contribution is 6.31. The van der Waals surface area contributed by atoms with E-state index in [0.717, 1.165) is 19.3 Å². The highest BCUT2D eigenvalue weighted by Gasteiger charge is 2.11. The van der Waals surface area contributed by atoms with Crippen LogP contribution in [0.15, 0.2) is 30.4 Å². The zero-order valence-corrected chi connectivity index (χ0v) is 11.1. The van der Waals surface area contributed by atoms with Crippen LogP contribution in [-0.2, 0) is 14.3 Å². The van der Waals surface area contributed by atoms with Crippen molar-refractivity contribution in [2.45, 2.75) is 0 Å². The third-order valence-corrected chi connectivity index (χ3v) is 2.31. The molecule has 1 rings (SSSR count). The summed E-state index contributed by atoms with van der Waals surface area (Å²) in [6.45, 7) is 0. The molecule has 3 N–H and O–H groups in total. The van der Waals surface area contributed by atoms with Gasteiger partial charge in [0.1, 0.15) is 5.75 Å². The van der Waals surface area contributed by atoms with Gasteiger partial charge in [0.15, 0.2) is 0 Å². The van der Waals surface area contributed by atoms with Gasteiger partial charge in [0, 0.05) is 17.2 Å². The summed E-state index contributed by atoms with van der Waals surface area (Å²) >= 11 is 5.68. The molecule has 0 aliphatic rings. The fourth-order valence-electron chi connectivity index (χ4n) is 1.13. The topological polar surface area (TPSA) is 105 Å². The summed E-state index contributed by atoms with van der Waals surface area (Å²) in [6, 6.07) is 3.89. The van der Waals surface area contributed by atoms with E-state index < -0.39 is 17.8 Å². The van der Waals surface area contributed by atoms with Crippen molar-refractivity contribution in [2.24, 2.45) is 0 Å². The summed E-state index contributed by atoms with van der Waals surface area (Å²) < 4.78 is 4.28. The Morgan fingerprint density at radius 1 is 1.25 bits per heavy atom. The molecule has 0 unspecified atom stereocenters. The van der Waals surface area contributed by atoms with E-state index in [-0.39, 0.29) is 16.3 Å². The van der Waals surface area contributed by atoms with Crippen molar-refractivity contribution >= 4 is 29.4 Å². The predicted octanol–water partition coefficient (Wildman–Crippen LogP) is 0.536. The van der Waals surface area contributed by atoms with E-state index in [4.69, 9.17) is 11.6 Å². The number of ether oxygens (including phenoxy) is 1. The first-order valence-corrected chi connectivity index (χ1v) is 5.66. The quantitative estimate of drug-likeness (QED) is 0.429. The van der Waals surface area contributed by atoms with E-state index in [0.29, 0.717) is 0 Å². The van der Waals surface area contributed by atoms with Gasteiger partial charge in [-0.2, -0.15) is 0 Å². The maximum Gasteiger partial charge on any atom is 0.330 e. The minimum atomic E-state index is -0.759. The molecule has 0 fully saturated rings. The van der Waals surface area contributed by atoms with Gasteiger partial charge in [-0.25, -0.2) is 4.79 Å². The Hall–Kier alpha value is -2.54. The molecule has 106 valence electrons. The number of rotatable bonds is 3. The van der Waals surface area contributed by atoms with Gasteiger partial charge in [0.05, 0.1) is 12.7 Å². The van der Waals surface area contributed by atoms with Gasteiger partial charge in [-0.3, -0.25) is 20.4 Å². The SMILES string of the molecule is COC(=O)/C=C\C(=O)NNC(=O)c1cc(Cl)ccc1O. The fraction of sp³-hybridized carbons (Fsp3) is 0.0833. The smallest absolute Gasteiger partial charge is 0.330 e. The van der Waals surface area contributed by atoms with Crippen LogP contribution in [0.2, 0.25) is 5.02 Å². The third-order valence-electron chi connectivity index (χ3n) is 2.07. The number of esters is 1. The molecule has 0 aliphatic carbocycles. The van der Waals surface area contributed by atoms with Crippen molar-refractivity contribution in [3.63, 3.8) is 0 Å². The minimum absolute atomic E-state index is 0.102. The van der Waals surface area contributed by atoms with Crippen molar-refractivity contribution < 1.29 is 24.2 Å². The van der Waals surface area contributed by atoms with Gasteiger partial charge in [-0.15, -0.1) is 0 Å². The molecule has 0 aliphatic heterocycles. The Kier molecular flexibility index (Phi) is 5.55. The monoisotopic (exact) mass is 298 g/mol. The first-order chi connectivity index (χ1) is 9.43. The predicted molar refractivity (Wildman–Crippen MR) is 69.9 cm³/mol. The summed E-state index contributed by atoms with van der Waals surface area (Å²) in [5.74, 6) is -2.50. The molecule has 0 spiro atoms. The number of hydrazine groups is 1. The van der Waals surface area contributed by atoms with E-state index in [9.17, 15) is 19.5 Å². The zero-order chi connectivity index (χ0) is 15.1. The largest absolute Gasteiger partial charge is 0.507 e. The highest BCUT2D eigenvalue weighted by Crippen LogP contribution is 2.20. The number of carbonyl (C=O) groups excluding carboxylic acids is 3. The number of carbonyl (C=O) groups is 3. The number of aromatic hydroxyl groups is 1. The van der Waals surface area contributed by atoms with E-state index in [1.165, 1.54) is 18.2 Å². The molecule has 0 heterocycles. The van der Waals surface area contributed by atoms with Crippen LogP contribution in [-0.4, -0.2) is 30.0 Å². The molecule has 20 heavy (non-hydrogen) atoms. The van der Waals surface area contributed by atoms with Gasteiger partial charge in [-0.05, 0) is 18.2 Å². The van der Waals surface area contributed by atoms with Crippen LogP contribution in [0.25, 0.3) is 0 Å². The molecule has 1 aromatic carbocycles. The van der Waals surface area contributed by atoms with Crippen LogP contribution in [0.3, 0.4) is 0 Å². The average Bonchev–Trinajstić information content (AvgIpc) is 2.44. The average molecular weight is 299 g/mol. The van der Waals surface area contributed by atoms with E-state index in [1.54, 1.807) is 0 Å². The molecule has 0 saturated carbocycles. The Bertz CT molecular complexity index is 571. The number of benzene rings is 1. The van der Waals surface area contributed by atoms with Crippen molar-refractivity contribution in [3.8, 4) is 5.75 Å². The van der Waals surface area contributed by atoms with Crippen LogP contribution >= 0.6 is 11.6 Å². The Morgan fingerprint density at radius 2 is 1.95 bits per heavy atom. The van der Waals surface area contributed by atoms with E-state index in [1.807, 2.05) is 10.9 Å². The summed E-state index contributed by atoms with van der Waals surface area (Å²) in [5, 5.41) is 9.73. The Morgan fingerprint density at radius 3 is 2.60 bits per heavy atom. The summed E-state index contributed by atoms with van der Waals surface area (Å²) in [4.78, 5) is 33.6. The molecular weight excluding hydrogens is 288 g/mol. The summed E-state index contributed by atoms with van der Waals surface area (Å²) in [6.07, 6.45) is 1.77. The first-order valence-electron chi connectivity index (χ1n) is 5.29. The second-order valence-electron chi connectivity index (χ2n) is 3.46. The maximum absolute atomic E-state index is 11.7. The lowest BCUT2D eigenvalue weighted by molar-refractivity contribution is -0.135. The number of hydrogen-bond acceptors (Lipinski definition) is 5. The lowest BCUT2D eigenvalue weighted by atomic mass is 10.2. The summed E-state index contributed by atoms with van der Waals surface area (Å²) in [5.41, 5.74) is 3.97. The number of hydrogen-bond donors (Lipinski definition) is 3. The van der Waals surface area contributed by atoms with Gasteiger partial charge in [-0.1, -0.05) is 11.6 Å². The van der Waals surface area contributed by atoms with Gasteiger partial charge in [0.2, 0.25) is 0 Å². The van der Waals surface area contributed by atoms with Crippen LogP contribution < -0.4 is 10.9 Å². The Balaban J connectivity index is 2.59. The third kappa shape index (κ3) is 4.62. The van der Waals surface area contributed by atoms with Gasteiger partial charge in [0.25, 0.3) is 11.8 Å². The lowest BCUT2D eigenvalue weighted by Crippen LogP contribution is -2.40. The van der Waals surface area contributed by atoms with Crippen LogP contribution in [0.4, 0.5) is 0 Å². The van der Waals surface area contributed by atoms with Crippen molar-refractivity contribution in [1.29, 1.82) is 0 Å². The molecule has 8 heteroatoms. The van der Waals surface area contributed by atoms with E-state index in [2.05, 4.69) is 4.74 Å². The number of methoxy groups -OCH3 is 1. The second kappa shape index (κ2) is 7.15. The first kappa shape index (κ1) is 15.5. The standard InChI is InChI=1S/C12H11ClN2O5/c1-20-11(18)5-4-10(17)14-15-12(19)8-6-7(13)2-3-9(8)16/h2-6,16H,1H3,(H,14,17)(H,15,19)/b5-4-. The minimum Gasteiger partial charge on any atom is -0.507 e. The van der Waals surface area contributed by atoms with Crippen molar-refractivity contribution in [3.05, 3.63) is 40.9 Å². The molecule has 2 amide bonds. The molecule has 1 aromatic rings. The number of phenolic OH excluding ortho intramolecular Hbond substituents is 1. The van der Waals surface area contributed by atoms with Crippen molar-refractivity contribution in [2.75, 3.05) is 7.11 Å². The van der Waals surface area contributed by atoms with Gasteiger partial charge >= 0.3 is 5.97 Å². The number of phenols is 1. The molecule has 0 saturated heterocycles. The normalized spacial score (nSPS) is 10.1. The highest BCUT2D eigenvalue weighted by atomic mass is 35.5. The number of nitrogens with one attached hydrogen (secondary N) is 2. The van der Waals surface area contributed by atoms with Crippen LogP contribution in [0.1, 0.15) is 10.4 Å². The Labute approximate surface area is 119 Å². The lowest BCUT2D eigenvalue weighted by Gasteiger charge is -2.07. The number of amides is 2. The van der Waals surface area contributed by atoms with Crippen molar-refractivity contribution in [1.82, 2.24) is 10.9 Å². The van der Waals surface area contributed by atoms with Crippen LogP contribution in [0, 0.1) is 0 Å². The maximum atomic E-state index is 11.7. The fourth-order valence-corrected chi connectivity index (χ4v) is 1.30. The van der Waals surface area contributed by atoms with E-state index >= 15 is 0 Å². The molecular formula is C12H11ClN2O5. The number of halogens is 1. The molecule has 7 nitrogen and oxygen atoms in total. The molecule has 0 aromatic heterocycles. The molecule has 0 bridgehead atoms. The molecule has 0 radical (unpaired) electrons.